The number of aliphatic carboxylic acids is 1. The van der Waals surface area contributed by atoms with Gasteiger partial charge < -0.3 is 9.84 Å². The predicted molar refractivity (Wildman–Crippen MR) is 156 cm³/mol. The monoisotopic (exact) mass is 499 g/mol. The highest BCUT2D eigenvalue weighted by Gasteiger charge is 1.97. The summed E-state index contributed by atoms with van der Waals surface area (Å²) in [6.45, 7) is 8.76. The molecule has 0 radical (unpaired) electrons. The number of carboxylic acids is 1. The van der Waals surface area contributed by atoms with Crippen LogP contribution in [0.5, 0.6) is 0 Å². The minimum Gasteiger partial charge on any atom is -0.481 e. The summed E-state index contributed by atoms with van der Waals surface area (Å²) < 4.78 is 5.63. The molecular formula is C32H66O3. The van der Waals surface area contributed by atoms with Crippen molar-refractivity contribution in [1.82, 2.24) is 0 Å². The van der Waals surface area contributed by atoms with Crippen LogP contribution in [0.15, 0.2) is 0 Å². The molecule has 0 atom stereocenters. The third-order valence-electron chi connectivity index (χ3n) is 6.78. The Hall–Kier alpha value is -0.570. The molecule has 0 aromatic carbocycles. The summed E-state index contributed by atoms with van der Waals surface area (Å²) in [4.78, 5) is 10.3. The van der Waals surface area contributed by atoms with Crippen molar-refractivity contribution in [3.05, 3.63) is 0 Å². The van der Waals surface area contributed by atoms with Crippen molar-refractivity contribution in [3.8, 4) is 0 Å². The molecule has 0 aliphatic rings. The number of rotatable bonds is 28. The average Bonchev–Trinajstić information content (AvgIpc) is 2.85. The predicted octanol–water partition coefficient (Wildman–Crippen LogP) is 11.3. The lowest BCUT2D eigenvalue weighted by atomic mass is 10.0. The number of unbranched alkanes of at least 4 members (excludes halogenated alkanes) is 22. The van der Waals surface area contributed by atoms with Gasteiger partial charge in [-0.1, -0.05) is 162 Å². The highest BCUT2D eigenvalue weighted by molar-refractivity contribution is 5.66. The Kier molecular flexibility index (Phi) is 37.2. The summed E-state index contributed by atoms with van der Waals surface area (Å²) in [5.74, 6) is -0.655. The fourth-order valence-corrected chi connectivity index (χ4v) is 4.36. The van der Waals surface area contributed by atoms with Crippen LogP contribution in [0.4, 0.5) is 0 Å². The van der Waals surface area contributed by atoms with E-state index in [0.29, 0.717) is 6.42 Å². The first-order valence-electron chi connectivity index (χ1n) is 16.0. The third-order valence-corrected chi connectivity index (χ3v) is 6.78. The van der Waals surface area contributed by atoms with Crippen LogP contribution in [0.3, 0.4) is 0 Å². The molecule has 0 saturated heterocycles. The Morgan fingerprint density at radius 2 is 0.686 bits per heavy atom. The Labute approximate surface area is 221 Å². The quantitative estimate of drug-likeness (QED) is 0.109. The van der Waals surface area contributed by atoms with Gasteiger partial charge in [-0.3, -0.25) is 4.79 Å². The Morgan fingerprint density at radius 3 is 1.00 bits per heavy atom. The van der Waals surface area contributed by atoms with Crippen LogP contribution in [-0.2, 0) is 9.53 Å². The van der Waals surface area contributed by atoms with E-state index in [1.165, 1.54) is 148 Å². The van der Waals surface area contributed by atoms with Gasteiger partial charge in [-0.25, -0.2) is 0 Å². The van der Waals surface area contributed by atoms with Gasteiger partial charge in [-0.15, -0.1) is 0 Å². The maximum absolute atomic E-state index is 10.3. The minimum atomic E-state index is -0.655. The van der Waals surface area contributed by atoms with Crippen molar-refractivity contribution in [1.29, 1.82) is 0 Å². The third kappa shape index (κ3) is 40.9. The number of hydrogen-bond acceptors (Lipinski definition) is 2. The maximum Gasteiger partial charge on any atom is 0.303 e. The molecule has 0 aliphatic heterocycles. The van der Waals surface area contributed by atoms with Crippen molar-refractivity contribution in [2.24, 2.45) is 0 Å². The summed E-state index contributed by atoms with van der Waals surface area (Å²) in [5.41, 5.74) is 0. The molecule has 0 amide bonds. The van der Waals surface area contributed by atoms with Gasteiger partial charge in [-0.05, 0) is 19.3 Å². The lowest BCUT2D eigenvalue weighted by Crippen LogP contribution is -1.97. The van der Waals surface area contributed by atoms with Crippen LogP contribution in [0.25, 0.3) is 0 Å². The second-order valence-corrected chi connectivity index (χ2v) is 10.5. The first kappa shape index (κ1) is 36.6. The number of carbonyl (C=O) groups is 1. The van der Waals surface area contributed by atoms with Crippen LogP contribution < -0.4 is 0 Å². The van der Waals surface area contributed by atoms with Gasteiger partial charge in [0.15, 0.2) is 0 Å². The molecule has 0 spiro atoms. The van der Waals surface area contributed by atoms with Crippen molar-refractivity contribution in [3.63, 3.8) is 0 Å². The van der Waals surface area contributed by atoms with Crippen LogP contribution in [0.2, 0.25) is 0 Å². The molecule has 0 rings (SSSR count). The van der Waals surface area contributed by atoms with Crippen LogP contribution in [-0.4, -0.2) is 24.3 Å². The molecule has 0 aromatic rings. The smallest absolute Gasteiger partial charge is 0.303 e. The second kappa shape index (κ2) is 35.6. The molecule has 1 N–H and O–H groups in total. The largest absolute Gasteiger partial charge is 0.481 e. The van der Waals surface area contributed by atoms with Gasteiger partial charge >= 0.3 is 5.97 Å². The molecule has 212 valence electrons. The maximum atomic E-state index is 10.3. The number of ether oxygens (including phenoxy) is 1. The lowest BCUT2D eigenvalue weighted by molar-refractivity contribution is -0.137. The van der Waals surface area contributed by atoms with Crippen molar-refractivity contribution in [2.75, 3.05) is 13.2 Å². The average molecular weight is 499 g/mol. The summed E-state index contributed by atoms with van der Waals surface area (Å²) >= 11 is 0. The summed E-state index contributed by atoms with van der Waals surface area (Å²) in [5, 5.41) is 8.49. The molecule has 0 aromatic heterocycles. The van der Waals surface area contributed by atoms with E-state index in [-0.39, 0.29) is 0 Å². The first-order valence-corrected chi connectivity index (χ1v) is 16.0. The lowest BCUT2D eigenvalue weighted by Gasteiger charge is -2.04. The van der Waals surface area contributed by atoms with Crippen LogP contribution >= 0.6 is 0 Å². The van der Waals surface area contributed by atoms with E-state index in [0.717, 1.165) is 26.1 Å². The molecule has 35 heavy (non-hydrogen) atoms. The van der Waals surface area contributed by atoms with Gasteiger partial charge in [0.1, 0.15) is 0 Å². The topological polar surface area (TPSA) is 46.5 Å². The Balaban J connectivity index is 0. The zero-order chi connectivity index (χ0) is 26.1. The van der Waals surface area contributed by atoms with E-state index in [9.17, 15) is 4.79 Å². The second-order valence-electron chi connectivity index (χ2n) is 10.5. The van der Waals surface area contributed by atoms with E-state index in [1.807, 2.05) is 0 Å². The number of hydrogen-bond donors (Lipinski definition) is 1. The fourth-order valence-electron chi connectivity index (χ4n) is 4.36. The van der Waals surface area contributed by atoms with Crippen LogP contribution in [0.1, 0.15) is 188 Å². The van der Waals surface area contributed by atoms with Gasteiger partial charge in [0.05, 0.1) is 0 Å². The molecule has 0 fully saturated rings. The molecular weight excluding hydrogens is 432 g/mol. The molecule has 0 aliphatic carbocycles. The van der Waals surface area contributed by atoms with E-state index in [4.69, 9.17) is 9.84 Å². The molecule has 0 heterocycles. The van der Waals surface area contributed by atoms with Crippen molar-refractivity contribution >= 4 is 5.97 Å². The molecule has 0 unspecified atom stereocenters. The summed E-state index contributed by atoms with van der Waals surface area (Å²) in [6.07, 6.45) is 33.6. The van der Waals surface area contributed by atoms with Crippen molar-refractivity contribution in [2.45, 2.75) is 188 Å². The molecule has 0 saturated carbocycles. The standard InChI is InChI=1S/C16H32O2.C16H34O/c1-2-3-4-5-6-7-8-9-10-11-12-13-14-15-16(17)18;1-3-5-7-9-10-11-12-14-16-17-15-13-8-6-4-2/h2-15H2,1H3,(H,17,18);3-16H2,1-2H3. The van der Waals surface area contributed by atoms with E-state index in [2.05, 4.69) is 20.8 Å². The van der Waals surface area contributed by atoms with Crippen molar-refractivity contribution < 1.29 is 14.6 Å². The SMILES string of the molecule is CCCCCCCCCCCCCCCC(=O)O.CCCCCCCCCCOCCCCCC. The van der Waals surface area contributed by atoms with E-state index < -0.39 is 5.97 Å². The van der Waals surface area contributed by atoms with Gasteiger partial charge in [0, 0.05) is 19.6 Å². The first-order chi connectivity index (χ1) is 17.2. The normalized spacial score (nSPS) is 10.8. The minimum absolute atomic E-state index is 0.345. The molecule has 3 nitrogen and oxygen atoms in total. The van der Waals surface area contributed by atoms with Crippen LogP contribution in [0, 0.1) is 0 Å². The highest BCUT2D eigenvalue weighted by Crippen LogP contribution is 2.13. The van der Waals surface area contributed by atoms with Gasteiger partial charge in [-0.2, -0.15) is 0 Å². The summed E-state index contributed by atoms with van der Waals surface area (Å²) in [7, 11) is 0. The highest BCUT2D eigenvalue weighted by atomic mass is 16.5. The fraction of sp³-hybridized carbons (Fsp3) is 0.969. The zero-order valence-corrected chi connectivity index (χ0v) is 24.6. The molecule has 0 bridgehead atoms. The van der Waals surface area contributed by atoms with Gasteiger partial charge in [0.2, 0.25) is 0 Å². The van der Waals surface area contributed by atoms with E-state index in [1.54, 1.807) is 0 Å². The number of carboxylic acid groups (broad SMARTS) is 1. The van der Waals surface area contributed by atoms with Gasteiger partial charge in [0.25, 0.3) is 0 Å². The Bertz CT molecular complexity index is 356. The zero-order valence-electron chi connectivity index (χ0n) is 24.6. The Morgan fingerprint density at radius 1 is 0.429 bits per heavy atom. The summed E-state index contributed by atoms with van der Waals surface area (Å²) in [6, 6.07) is 0. The molecule has 3 heteroatoms. The van der Waals surface area contributed by atoms with E-state index >= 15 is 0 Å².